The topological polar surface area (TPSA) is 12.0 Å². The summed E-state index contributed by atoms with van der Waals surface area (Å²) in [4.78, 5) is 0. The van der Waals surface area contributed by atoms with Gasteiger partial charge in [0.2, 0.25) is 0 Å². The minimum Gasteiger partial charge on any atom is -0.388 e. The number of rotatable bonds is 2. The predicted molar refractivity (Wildman–Crippen MR) is 61.7 cm³/mol. The van der Waals surface area contributed by atoms with Gasteiger partial charge in [-0.3, -0.25) is 0 Å². The second kappa shape index (κ2) is 3.64. The van der Waals surface area contributed by atoms with Gasteiger partial charge in [-0.25, -0.2) is 0 Å². The minimum absolute atomic E-state index is 0.763. The summed E-state index contributed by atoms with van der Waals surface area (Å²) in [7, 11) is 2.01. The molecule has 0 radical (unpaired) electrons. The molecule has 0 saturated heterocycles. The van der Waals surface area contributed by atoms with Gasteiger partial charge in [-0.15, -0.1) is 0 Å². The van der Waals surface area contributed by atoms with Gasteiger partial charge in [-0.1, -0.05) is 32.0 Å². The average molecular weight is 189 g/mol. The highest BCUT2D eigenvalue weighted by atomic mass is 14.8. The number of hydrogen-bond donors (Lipinski definition) is 1. The average Bonchev–Trinajstić information content (AvgIpc) is 2.18. The molecule has 2 rings (SSSR count). The molecule has 1 fully saturated rings. The summed E-state index contributed by atoms with van der Waals surface area (Å²) in [6.45, 7) is 4.72. The lowest BCUT2D eigenvalue weighted by Gasteiger charge is -2.42. The largest absolute Gasteiger partial charge is 0.388 e. The Bertz CT molecular complexity index is 311. The Hall–Kier alpha value is -0.980. The molecule has 0 aromatic heterocycles. The van der Waals surface area contributed by atoms with Crippen molar-refractivity contribution in [3.8, 4) is 0 Å². The van der Waals surface area contributed by atoms with Crippen molar-refractivity contribution in [3.05, 3.63) is 29.8 Å². The highest BCUT2D eigenvalue weighted by Gasteiger charge is 2.36. The molecule has 0 bridgehead atoms. The molecule has 76 valence electrons. The third-order valence-corrected chi connectivity index (χ3v) is 3.56. The summed E-state index contributed by atoms with van der Waals surface area (Å²) in [6, 6.07) is 8.69. The van der Waals surface area contributed by atoms with Gasteiger partial charge in [-0.2, -0.15) is 0 Å². The molecular formula is C13H19N. The van der Waals surface area contributed by atoms with Crippen molar-refractivity contribution in [1.82, 2.24) is 0 Å². The van der Waals surface area contributed by atoms with Crippen molar-refractivity contribution in [1.29, 1.82) is 0 Å². The van der Waals surface area contributed by atoms with E-state index in [-0.39, 0.29) is 0 Å². The Balaban J connectivity index is 2.31. The van der Waals surface area contributed by atoms with E-state index in [1.807, 2.05) is 7.05 Å². The third-order valence-electron chi connectivity index (χ3n) is 3.56. The van der Waals surface area contributed by atoms with E-state index in [9.17, 15) is 0 Å². The van der Waals surface area contributed by atoms with E-state index in [1.165, 1.54) is 17.7 Å². The van der Waals surface area contributed by atoms with Gasteiger partial charge in [0.1, 0.15) is 0 Å². The molecule has 0 heterocycles. The van der Waals surface area contributed by atoms with E-state index < -0.39 is 0 Å². The summed E-state index contributed by atoms with van der Waals surface area (Å²) in [5.41, 5.74) is 2.80. The minimum atomic E-state index is 0.763. The Kier molecular flexibility index (Phi) is 2.49. The number of anilines is 1. The van der Waals surface area contributed by atoms with Crippen LogP contribution < -0.4 is 5.32 Å². The molecule has 1 aromatic rings. The van der Waals surface area contributed by atoms with Crippen molar-refractivity contribution in [2.45, 2.75) is 26.2 Å². The van der Waals surface area contributed by atoms with Gasteiger partial charge in [0.15, 0.2) is 0 Å². The van der Waals surface area contributed by atoms with E-state index in [1.54, 1.807) is 0 Å². The maximum atomic E-state index is 3.29. The number of para-hydroxylation sites is 1. The number of nitrogens with one attached hydrogen (secondary N) is 1. The second-order valence-electron chi connectivity index (χ2n) is 4.55. The molecule has 1 aliphatic rings. The van der Waals surface area contributed by atoms with Gasteiger partial charge < -0.3 is 5.32 Å². The molecule has 1 aliphatic carbocycles. The summed E-state index contributed by atoms with van der Waals surface area (Å²) in [5.74, 6) is 2.46. The lowest BCUT2D eigenvalue weighted by atomic mass is 9.63. The highest BCUT2D eigenvalue weighted by Crippen LogP contribution is 2.48. The first-order valence-electron chi connectivity index (χ1n) is 5.50. The molecule has 14 heavy (non-hydrogen) atoms. The quantitative estimate of drug-likeness (QED) is 0.751. The molecule has 0 amide bonds. The zero-order valence-corrected chi connectivity index (χ0v) is 9.25. The first kappa shape index (κ1) is 9.57. The summed E-state index contributed by atoms with van der Waals surface area (Å²) < 4.78 is 0. The molecule has 2 atom stereocenters. The van der Waals surface area contributed by atoms with Crippen LogP contribution in [0, 0.1) is 11.8 Å². The Morgan fingerprint density at radius 3 is 2.36 bits per heavy atom. The molecular weight excluding hydrogens is 170 g/mol. The van der Waals surface area contributed by atoms with Crippen molar-refractivity contribution < 1.29 is 0 Å². The predicted octanol–water partition coefficient (Wildman–Crippen LogP) is 3.49. The fourth-order valence-corrected chi connectivity index (χ4v) is 2.87. The maximum Gasteiger partial charge on any atom is 0.0373 e. The van der Waals surface area contributed by atoms with Crippen molar-refractivity contribution in [2.75, 3.05) is 12.4 Å². The van der Waals surface area contributed by atoms with E-state index >= 15 is 0 Å². The van der Waals surface area contributed by atoms with Crippen LogP contribution >= 0.6 is 0 Å². The van der Waals surface area contributed by atoms with Crippen LogP contribution in [0.25, 0.3) is 0 Å². The molecule has 0 aliphatic heterocycles. The standard InChI is InChI=1S/C13H19N/c1-9-8-10(2)13(9)11-6-4-5-7-12(11)14-3/h4-7,9-10,13-14H,8H2,1-3H3. The Labute approximate surface area is 86.5 Å². The lowest BCUT2D eigenvalue weighted by molar-refractivity contribution is 0.176. The summed E-state index contributed by atoms with van der Waals surface area (Å²) in [6.07, 6.45) is 1.38. The van der Waals surface area contributed by atoms with Gasteiger partial charge in [0.05, 0.1) is 0 Å². The van der Waals surface area contributed by atoms with Gasteiger partial charge in [-0.05, 0) is 35.8 Å². The van der Waals surface area contributed by atoms with Crippen LogP contribution in [0.3, 0.4) is 0 Å². The molecule has 1 heteroatoms. The van der Waals surface area contributed by atoms with Crippen LogP contribution in [0.5, 0.6) is 0 Å². The van der Waals surface area contributed by atoms with E-state index in [0.29, 0.717) is 0 Å². The first-order valence-corrected chi connectivity index (χ1v) is 5.50. The molecule has 0 spiro atoms. The van der Waals surface area contributed by atoms with E-state index in [4.69, 9.17) is 0 Å². The molecule has 2 unspecified atom stereocenters. The van der Waals surface area contributed by atoms with Crippen molar-refractivity contribution >= 4 is 5.69 Å². The van der Waals surface area contributed by atoms with Crippen LogP contribution in [0.15, 0.2) is 24.3 Å². The fourth-order valence-electron chi connectivity index (χ4n) is 2.87. The van der Waals surface area contributed by atoms with Crippen molar-refractivity contribution in [2.24, 2.45) is 11.8 Å². The molecule has 1 nitrogen and oxygen atoms in total. The maximum absolute atomic E-state index is 3.29. The highest BCUT2D eigenvalue weighted by molar-refractivity contribution is 5.53. The van der Waals surface area contributed by atoms with Crippen molar-refractivity contribution in [3.63, 3.8) is 0 Å². The zero-order chi connectivity index (χ0) is 10.1. The van der Waals surface area contributed by atoms with Crippen LogP contribution in [0.2, 0.25) is 0 Å². The Morgan fingerprint density at radius 2 is 1.79 bits per heavy atom. The smallest absolute Gasteiger partial charge is 0.0373 e. The normalized spacial score (nSPS) is 30.9. The zero-order valence-electron chi connectivity index (χ0n) is 9.25. The Morgan fingerprint density at radius 1 is 1.14 bits per heavy atom. The molecule has 1 saturated carbocycles. The van der Waals surface area contributed by atoms with Crippen LogP contribution in [0.4, 0.5) is 5.69 Å². The molecule has 1 N–H and O–H groups in total. The summed E-state index contributed by atoms with van der Waals surface area (Å²) >= 11 is 0. The SMILES string of the molecule is CNc1ccccc1C1C(C)CC1C. The fraction of sp³-hybridized carbons (Fsp3) is 0.538. The number of hydrogen-bond acceptors (Lipinski definition) is 1. The van der Waals surface area contributed by atoms with Gasteiger partial charge in [0.25, 0.3) is 0 Å². The van der Waals surface area contributed by atoms with E-state index in [2.05, 4.69) is 43.4 Å². The van der Waals surface area contributed by atoms with Crippen LogP contribution in [-0.4, -0.2) is 7.05 Å². The van der Waals surface area contributed by atoms with Gasteiger partial charge >= 0.3 is 0 Å². The summed E-state index contributed by atoms with van der Waals surface area (Å²) in [5, 5.41) is 3.29. The van der Waals surface area contributed by atoms with E-state index in [0.717, 1.165) is 17.8 Å². The van der Waals surface area contributed by atoms with Gasteiger partial charge in [0, 0.05) is 12.7 Å². The second-order valence-corrected chi connectivity index (χ2v) is 4.55. The monoisotopic (exact) mass is 189 g/mol. The first-order chi connectivity index (χ1) is 6.74. The van der Waals surface area contributed by atoms with Crippen LogP contribution in [-0.2, 0) is 0 Å². The third kappa shape index (κ3) is 1.41. The number of benzene rings is 1. The molecule has 1 aromatic carbocycles. The lowest BCUT2D eigenvalue weighted by Crippen LogP contribution is -2.31. The van der Waals surface area contributed by atoms with Crippen LogP contribution in [0.1, 0.15) is 31.7 Å².